The Kier molecular flexibility index (Phi) is 3.73. The van der Waals surface area contributed by atoms with Gasteiger partial charge < -0.3 is 10.1 Å². The second kappa shape index (κ2) is 5.93. The second-order valence-electron chi connectivity index (χ2n) is 5.91. The maximum Gasteiger partial charge on any atom is 0.337 e. The number of benzene rings is 2. The summed E-state index contributed by atoms with van der Waals surface area (Å²) in [6.45, 7) is 1.85. The summed E-state index contributed by atoms with van der Waals surface area (Å²) in [6, 6.07) is 15.0. The summed E-state index contributed by atoms with van der Waals surface area (Å²) in [5.74, 6) is 0.315. The molecule has 2 aromatic carbocycles. The fourth-order valence-corrected chi connectivity index (χ4v) is 3.53. The van der Waals surface area contributed by atoms with Crippen molar-refractivity contribution in [3.05, 3.63) is 70.4 Å². The number of aromatic nitrogens is 2. The molecule has 5 nitrogen and oxygen atoms in total. The lowest BCUT2D eigenvalue weighted by Gasteiger charge is -2.30. The molecule has 3 aromatic rings. The number of para-hydroxylation sites is 2. The number of rotatable bonds is 2. The molecule has 1 atom stereocenters. The van der Waals surface area contributed by atoms with E-state index in [1.807, 2.05) is 60.0 Å². The van der Waals surface area contributed by atoms with Gasteiger partial charge in [0.05, 0.1) is 29.8 Å². The first kappa shape index (κ1) is 15.7. The van der Waals surface area contributed by atoms with Crippen LogP contribution >= 0.6 is 11.6 Å². The first-order valence-electron chi connectivity index (χ1n) is 7.88. The lowest BCUT2D eigenvalue weighted by Crippen LogP contribution is -2.28. The van der Waals surface area contributed by atoms with Crippen molar-refractivity contribution in [2.24, 2.45) is 0 Å². The van der Waals surface area contributed by atoms with Crippen LogP contribution in [-0.2, 0) is 9.53 Å². The molecule has 0 fully saturated rings. The van der Waals surface area contributed by atoms with Gasteiger partial charge in [-0.15, -0.1) is 0 Å². The highest BCUT2D eigenvalue weighted by atomic mass is 35.5. The minimum absolute atomic E-state index is 0.366. The van der Waals surface area contributed by atoms with Gasteiger partial charge in [0.15, 0.2) is 0 Å². The molecule has 1 aromatic heterocycles. The van der Waals surface area contributed by atoms with E-state index in [2.05, 4.69) is 10.3 Å². The normalized spacial score (nSPS) is 16.5. The summed E-state index contributed by atoms with van der Waals surface area (Å²) in [4.78, 5) is 17.2. The minimum atomic E-state index is -0.376. The van der Waals surface area contributed by atoms with Gasteiger partial charge in [-0.05, 0) is 36.8 Å². The number of halogens is 1. The largest absolute Gasteiger partial charge is 0.466 e. The molecule has 0 bridgehead atoms. The molecule has 0 aliphatic carbocycles. The summed E-state index contributed by atoms with van der Waals surface area (Å²) < 4.78 is 7.06. The second-order valence-corrected chi connectivity index (χ2v) is 6.34. The van der Waals surface area contributed by atoms with E-state index >= 15 is 0 Å². The lowest BCUT2D eigenvalue weighted by molar-refractivity contribution is -0.136. The van der Waals surface area contributed by atoms with Crippen LogP contribution in [0.3, 0.4) is 0 Å². The third-order valence-electron chi connectivity index (χ3n) is 4.40. The Balaban J connectivity index is 2.03. The Morgan fingerprint density at radius 1 is 1.24 bits per heavy atom. The number of hydrogen-bond donors (Lipinski definition) is 1. The highest BCUT2D eigenvalue weighted by molar-refractivity contribution is 6.30. The van der Waals surface area contributed by atoms with Gasteiger partial charge in [-0.2, -0.15) is 0 Å². The Morgan fingerprint density at radius 2 is 2.04 bits per heavy atom. The molecule has 126 valence electrons. The Labute approximate surface area is 149 Å². The van der Waals surface area contributed by atoms with Crippen LogP contribution in [0.4, 0.5) is 5.95 Å². The smallest absolute Gasteiger partial charge is 0.337 e. The lowest BCUT2D eigenvalue weighted by atomic mass is 9.95. The van der Waals surface area contributed by atoms with Gasteiger partial charge in [-0.3, -0.25) is 4.57 Å². The zero-order chi connectivity index (χ0) is 17.6. The minimum Gasteiger partial charge on any atom is -0.466 e. The molecule has 25 heavy (non-hydrogen) atoms. The van der Waals surface area contributed by atoms with Crippen molar-refractivity contribution in [2.75, 3.05) is 12.4 Å². The monoisotopic (exact) mass is 353 g/mol. The highest BCUT2D eigenvalue weighted by Crippen LogP contribution is 2.39. The number of carbonyl (C=O) groups is 1. The van der Waals surface area contributed by atoms with Crippen LogP contribution < -0.4 is 5.32 Å². The van der Waals surface area contributed by atoms with E-state index < -0.39 is 0 Å². The number of allylic oxidation sites excluding steroid dienone is 1. The van der Waals surface area contributed by atoms with E-state index in [-0.39, 0.29) is 12.0 Å². The number of fused-ring (bicyclic) bond motifs is 3. The summed E-state index contributed by atoms with van der Waals surface area (Å²) in [7, 11) is 1.39. The predicted molar refractivity (Wildman–Crippen MR) is 97.7 cm³/mol. The van der Waals surface area contributed by atoms with Crippen LogP contribution in [0.5, 0.6) is 0 Å². The number of anilines is 1. The molecule has 1 N–H and O–H groups in total. The van der Waals surface area contributed by atoms with E-state index in [0.717, 1.165) is 22.3 Å². The van der Waals surface area contributed by atoms with Crippen molar-refractivity contribution in [3.8, 4) is 0 Å². The van der Waals surface area contributed by atoms with Gasteiger partial charge >= 0.3 is 5.97 Å². The maximum absolute atomic E-state index is 12.5. The maximum atomic E-state index is 12.5. The van der Waals surface area contributed by atoms with E-state index in [1.165, 1.54) is 7.11 Å². The van der Waals surface area contributed by atoms with E-state index in [4.69, 9.17) is 16.3 Å². The van der Waals surface area contributed by atoms with Crippen LogP contribution in [0.1, 0.15) is 18.5 Å². The molecular weight excluding hydrogens is 338 g/mol. The van der Waals surface area contributed by atoms with Crippen LogP contribution in [0.15, 0.2) is 59.8 Å². The quantitative estimate of drug-likeness (QED) is 0.703. The SMILES string of the molecule is COC(=O)C1=C(C)Nc2nc3ccccc3n2[C@H]1c1cccc(Cl)c1. The van der Waals surface area contributed by atoms with Gasteiger partial charge in [-0.1, -0.05) is 35.9 Å². The van der Waals surface area contributed by atoms with Gasteiger partial charge in [0.1, 0.15) is 0 Å². The number of esters is 1. The molecular formula is C19H16ClN3O2. The Morgan fingerprint density at radius 3 is 2.80 bits per heavy atom. The molecule has 4 rings (SSSR count). The van der Waals surface area contributed by atoms with Crippen LogP contribution in [-0.4, -0.2) is 22.6 Å². The molecule has 0 radical (unpaired) electrons. The van der Waals surface area contributed by atoms with Crippen LogP contribution in [0, 0.1) is 0 Å². The molecule has 2 heterocycles. The molecule has 0 saturated heterocycles. The van der Waals surface area contributed by atoms with Gasteiger partial charge in [0, 0.05) is 10.7 Å². The van der Waals surface area contributed by atoms with Crippen LogP contribution in [0.25, 0.3) is 11.0 Å². The Hall–Kier alpha value is -2.79. The average molecular weight is 354 g/mol. The first-order chi connectivity index (χ1) is 12.1. The number of carbonyl (C=O) groups excluding carboxylic acids is 1. The number of ether oxygens (including phenoxy) is 1. The number of nitrogens with one attached hydrogen (secondary N) is 1. The van der Waals surface area contributed by atoms with E-state index in [0.29, 0.717) is 16.5 Å². The van der Waals surface area contributed by atoms with Crippen molar-refractivity contribution < 1.29 is 9.53 Å². The zero-order valence-electron chi connectivity index (χ0n) is 13.8. The molecule has 0 amide bonds. The molecule has 0 saturated carbocycles. The standard InChI is InChI=1S/C19H16ClN3O2/c1-11-16(18(24)25-2)17(12-6-5-7-13(20)10-12)23-15-9-4-3-8-14(15)22-19(23)21-11/h3-10,17H,1-2H3,(H,21,22)/t17-/m0/s1. The molecule has 6 heteroatoms. The third-order valence-corrected chi connectivity index (χ3v) is 4.64. The number of nitrogens with zero attached hydrogens (tertiary/aromatic N) is 2. The summed E-state index contributed by atoms with van der Waals surface area (Å²) in [5, 5.41) is 3.84. The summed E-state index contributed by atoms with van der Waals surface area (Å²) in [5.41, 5.74) is 3.96. The molecule has 1 aliphatic heterocycles. The van der Waals surface area contributed by atoms with E-state index in [9.17, 15) is 4.79 Å². The Bertz CT molecular complexity index is 1020. The van der Waals surface area contributed by atoms with Crippen molar-refractivity contribution in [1.29, 1.82) is 0 Å². The number of hydrogen-bond acceptors (Lipinski definition) is 4. The molecule has 0 spiro atoms. The van der Waals surface area contributed by atoms with Gasteiger partial charge in [0.2, 0.25) is 5.95 Å². The van der Waals surface area contributed by atoms with Gasteiger partial charge in [0.25, 0.3) is 0 Å². The predicted octanol–water partition coefficient (Wildman–Crippen LogP) is 4.15. The zero-order valence-corrected chi connectivity index (χ0v) is 14.5. The fraction of sp³-hybridized carbons (Fsp3) is 0.158. The topological polar surface area (TPSA) is 56.1 Å². The fourth-order valence-electron chi connectivity index (χ4n) is 3.33. The summed E-state index contributed by atoms with van der Waals surface area (Å²) >= 11 is 6.21. The third kappa shape index (κ3) is 2.48. The van der Waals surface area contributed by atoms with Crippen molar-refractivity contribution >= 4 is 34.6 Å². The average Bonchev–Trinajstić information content (AvgIpc) is 2.97. The summed E-state index contributed by atoms with van der Waals surface area (Å²) in [6.07, 6.45) is 0. The van der Waals surface area contributed by atoms with Crippen molar-refractivity contribution in [2.45, 2.75) is 13.0 Å². The first-order valence-corrected chi connectivity index (χ1v) is 8.26. The van der Waals surface area contributed by atoms with Crippen molar-refractivity contribution in [3.63, 3.8) is 0 Å². The molecule has 1 aliphatic rings. The highest BCUT2D eigenvalue weighted by Gasteiger charge is 2.34. The molecule has 0 unspecified atom stereocenters. The number of methoxy groups -OCH3 is 1. The van der Waals surface area contributed by atoms with Crippen LogP contribution in [0.2, 0.25) is 5.02 Å². The van der Waals surface area contributed by atoms with E-state index in [1.54, 1.807) is 0 Å². The van der Waals surface area contributed by atoms with Gasteiger partial charge in [-0.25, -0.2) is 9.78 Å². The number of imidazole rings is 1. The van der Waals surface area contributed by atoms with Crippen molar-refractivity contribution in [1.82, 2.24) is 9.55 Å².